The van der Waals surface area contributed by atoms with E-state index in [0.29, 0.717) is 43.5 Å². The van der Waals surface area contributed by atoms with Crippen LogP contribution in [0.4, 0.5) is 22.0 Å². The molecule has 1 aromatic heterocycles. The van der Waals surface area contributed by atoms with Crippen LogP contribution in [0.1, 0.15) is 83.0 Å². The Morgan fingerprint density at radius 1 is 0.951 bits per heavy atom. The van der Waals surface area contributed by atoms with E-state index in [2.05, 4.69) is 0 Å². The SMILES string of the molecule is CC(C)(C)[C@H](c1cc(-c2cc(F)ccc2F)cn1Cc1ccccc1)N(CC[C@H](N)C(=O)C[C@H]1CC[C@H](C(=O)CCCN2C(=O)C=CC2=O)C1)C(=O)CO.O=C(O)C(F)(F)F. The highest BCUT2D eigenvalue weighted by Crippen LogP contribution is 2.41. The molecule has 0 radical (unpaired) electrons. The van der Waals surface area contributed by atoms with Crippen molar-refractivity contribution in [3.8, 4) is 11.1 Å². The van der Waals surface area contributed by atoms with Gasteiger partial charge < -0.3 is 25.4 Å². The smallest absolute Gasteiger partial charge is 0.475 e. The van der Waals surface area contributed by atoms with E-state index in [1.165, 1.54) is 17.1 Å². The van der Waals surface area contributed by atoms with Gasteiger partial charge in [0.25, 0.3) is 11.8 Å². The number of aliphatic hydroxyl groups is 1. The molecule has 0 unspecified atom stereocenters. The normalized spacial score (nSPS) is 17.5. The molecular formula is C44H51F5N4O8. The first-order valence-corrected chi connectivity index (χ1v) is 19.8. The third kappa shape index (κ3) is 13.2. The van der Waals surface area contributed by atoms with Gasteiger partial charge in [0.15, 0.2) is 0 Å². The highest BCUT2D eigenvalue weighted by Gasteiger charge is 2.39. The van der Waals surface area contributed by atoms with Crippen molar-refractivity contribution in [3.05, 3.63) is 95.8 Å². The lowest BCUT2D eigenvalue weighted by molar-refractivity contribution is -0.192. The molecule has 330 valence electrons. The molecule has 1 aliphatic heterocycles. The topological polar surface area (TPSA) is 180 Å². The predicted molar refractivity (Wildman–Crippen MR) is 213 cm³/mol. The van der Waals surface area contributed by atoms with Crippen LogP contribution in [0.5, 0.6) is 0 Å². The van der Waals surface area contributed by atoms with Gasteiger partial charge in [-0.25, -0.2) is 13.6 Å². The zero-order valence-electron chi connectivity index (χ0n) is 34.2. The zero-order chi connectivity index (χ0) is 45.2. The van der Waals surface area contributed by atoms with Crippen LogP contribution in [-0.4, -0.2) is 91.8 Å². The molecule has 61 heavy (non-hydrogen) atoms. The molecule has 5 rings (SSSR count). The number of carbonyl (C=O) groups is 6. The summed E-state index contributed by atoms with van der Waals surface area (Å²) in [5.74, 6) is -5.55. The third-order valence-corrected chi connectivity index (χ3v) is 10.8. The zero-order valence-corrected chi connectivity index (χ0v) is 34.2. The van der Waals surface area contributed by atoms with Gasteiger partial charge in [-0.3, -0.25) is 28.9 Å². The number of aromatic nitrogens is 1. The fourth-order valence-electron chi connectivity index (χ4n) is 7.80. The van der Waals surface area contributed by atoms with Gasteiger partial charge in [-0.05, 0) is 73.3 Å². The quantitative estimate of drug-likeness (QED) is 0.102. The second-order valence-corrected chi connectivity index (χ2v) is 16.4. The Kier molecular flexibility index (Phi) is 16.4. The molecule has 0 saturated heterocycles. The van der Waals surface area contributed by atoms with Gasteiger partial charge in [0.05, 0.1) is 12.1 Å². The number of hydrogen-bond donors (Lipinski definition) is 3. The summed E-state index contributed by atoms with van der Waals surface area (Å²) in [4.78, 5) is 74.9. The average molecular weight is 859 g/mol. The van der Waals surface area contributed by atoms with E-state index in [1.807, 2.05) is 55.7 Å². The lowest BCUT2D eigenvalue weighted by Crippen LogP contribution is -2.46. The van der Waals surface area contributed by atoms with E-state index < -0.39 is 53.8 Å². The summed E-state index contributed by atoms with van der Waals surface area (Å²) in [6, 6.07) is 13.1. The molecule has 4 N–H and O–H groups in total. The van der Waals surface area contributed by atoms with Crippen LogP contribution in [0.15, 0.2) is 72.9 Å². The number of Topliss-reactive ketones (excluding diaryl/α,β-unsaturated/α-hetero) is 2. The van der Waals surface area contributed by atoms with Crippen molar-refractivity contribution in [3.63, 3.8) is 0 Å². The fourth-order valence-corrected chi connectivity index (χ4v) is 7.80. The van der Waals surface area contributed by atoms with Gasteiger partial charge in [0.1, 0.15) is 29.8 Å². The van der Waals surface area contributed by atoms with Gasteiger partial charge in [-0.15, -0.1) is 0 Å². The average Bonchev–Trinajstić information content (AvgIpc) is 3.92. The minimum absolute atomic E-state index is 0.0103. The molecule has 1 saturated carbocycles. The number of imide groups is 1. The summed E-state index contributed by atoms with van der Waals surface area (Å²) >= 11 is 0. The van der Waals surface area contributed by atoms with Crippen molar-refractivity contribution in [2.24, 2.45) is 23.0 Å². The molecule has 0 bridgehead atoms. The number of carboxylic acids is 1. The van der Waals surface area contributed by atoms with E-state index in [4.69, 9.17) is 15.6 Å². The molecular weight excluding hydrogens is 807 g/mol. The van der Waals surface area contributed by atoms with E-state index in [-0.39, 0.29) is 73.1 Å². The summed E-state index contributed by atoms with van der Waals surface area (Å²) in [6.45, 7) is 5.68. The molecule has 2 aromatic carbocycles. The number of nitrogens with two attached hydrogens (primary N) is 1. The standard InChI is InChI=1S/C42H50F2N4O6.C2HF3O2/c1-42(2,3)41(35-22-30(32-23-31(43)13-14-33(32)44)25-46(35)24-27-8-5-4-6-9-27)48(40(54)26-49)19-17-34(45)37(51)21-28-11-12-29(20-28)36(50)10-7-18-47-38(52)15-16-39(47)53;3-2(4,5)1(6)7/h4-6,8-9,13-16,22-23,25,28-29,34,41,49H,7,10-12,17-21,24,26,45H2,1-3H3;(H,6,7)/t28-,29-,34-,41-;/m0./s1. The molecule has 1 aliphatic carbocycles. The molecule has 2 aliphatic rings. The number of halogens is 5. The summed E-state index contributed by atoms with van der Waals surface area (Å²) in [7, 11) is 0. The Balaban J connectivity index is 0.00000107. The van der Waals surface area contributed by atoms with Crippen molar-refractivity contribution >= 4 is 35.3 Å². The summed E-state index contributed by atoms with van der Waals surface area (Å²) in [5.41, 5.74) is 7.93. The van der Waals surface area contributed by atoms with Crippen molar-refractivity contribution in [2.75, 3.05) is 19.7 Å². The second kappa shape index (κ2) is 20.8. The maximum atomic E-state index is 15.1. The Labute approximate surface area is 350 Å². The minimum atomic E-state index is -5.08. The number of carboxylic acid groups (broad SMARTS) is 1. The number of nitrogens with zero attached hydrogens (tertiary/aromatic N) is 3. The first kappa shape index (κ1) is 48.1. The van der Waals surface area contributed by atoms with Crippen LogP contribution in [-0.2, 0) is 35.3 Å². The molecule has 3 amide bonds. The minimum Gasteiger partial charge on any atom is -0.475 e. The monoisotopic (exact) mass is 858 g/mol. The first-order chi connectivity index (χ1) is 28.6. The number of carbonyl (C=O) groups excluding carboxylic acids is 5. The predicted octanol–water partition coefficient (Wildman–Crippen LogP) is 6.39. The maximum absolute atomic E-state index is 15.1. The van der Waals surface area contributed by atoms with Gasteiger partial charge in [-0.2, -0.15) is 13.2 Å². The van der Waals surface area contributed by atoms with Gasteiger partial charge >= 0.3 is 12.1 Å². The first-order valence-electron chi connectivity index (χ1n) is 19.8. The second-order valence-electron chi connectivity index (χ2n) is 16.4. The largest absolute Gasteiger partial charge is 0.490 e. The molecule has 4 atom stereocenters. The number of alkyl halides is 3. The summed E-state index contributed by atoms with van der Waals surface area (Å²) in [6.07, 6.45) is 1.99. The Morgan fingerprint density at radius 2 is 1.59 bits per heavy atom. The third-order valence-electron chi connectivity index (χ3n) is 10.8. The number of ketones is 2. The number of aliphatic carboxylic acids is 1. The van der Waals surface area contributed by atoms with Crippen LogP contribution in [0, 0.1) is 28.9 Å². The fraction of sp³-hybridized carbons (Fsp3) is 0.455. The Hall–Kier alpha value is -5.55. The van der Waals surface area contributed by atoms with E-state index in [0.717, 1.165) is 28.7 Å². The highest BCUT2D eigenvalue weighted by atomic mass is 19.4. The summed E-state index contributed by atoms with van der Waals surface area (Å²) < 4.78 is 63.0. The van der Waals surface area contributed by atoms with Crippen molar-refractivity contribution in [2.45, 2.75) is 90.5 Å². The van der Waals surface area contributed by atoms with Gasteiger partial charge in [0, 0.05) is 73.6 Å². The van der Waals surface area contributed by atoms with Crippen molar-refractivity contribution in [1.29, 1.82) is 0 Å². The number of hydrogen-bond acceptors (Lipinski definition) is 8. The van der Waals surface area contributed by atoms with Crippen LogP contribution in [0.2, 0.25) is 0 Å². The Bertz CT molecular complexity index is 2080. The molecule has 1 fully saturated rings. The molecule has 3 aromatic rings. The summed E-state index contributed by atoms with van der Waals surface area (Å²) in [5, 5.41) is 17.3. The van der Waals surface area contributed by atoms with Crippen LogP contribution >= 0.6 is 0 Å². The number of rotatable bonds is 17. The van der Waals surface area contributed by atoms with Crippen molar-refractivity contribution < 1.29 is 60.9 Å². The van der Waals surface area contributed by atoms with E-state index in [9.17, 15) is 46.6 Å². The maximum Gasteiger partial charge on any atom is 0.490 e. The van der Waals surface area contributed by atoms with Crippen LogP contribution in [0.3, 0.4) is 0 Å². The lowest BCUT2D eigenvalue weighted by Gasteiger charge is -2.41. The number of aliphatic hydroxyl groups excluding tert-OH is 1. The lowest BCUT2D eigenvalue weighted by atomic mass is 9.82. The van der Waals surface area contributed by atoms with E-state index in [1.54, 1.807) is 12.3 Å². The molecule has 2 heterocycles. The molecule has 17 heteroatoms. The number of amides is 3. The van der Waals surface area contributed by atoms with Gasteiger partial charge in [-0.1, -0.05) is 51.1 Å². The molecule has 0 spiro atoms. The highest BCUT2D eigenvalue weighted by molar-refractivity contribution is 6.12. The van der Waals surface area contributed by atoms with Crippen LogP contribution in [0.25, 0.3) is 11.1 Å². The molecule has 12 nitrogen and oxygen atoms in total. The van der Waals surface area contributed by atoms with Crippen molar-refractivity contribution in [1.82, 2.24) is 14.4 Å². The van der Waals surface area contributed by atoms with E-state index >= 15 is 4.39 Å². The van der Waals surface area contributed by atoms with Crippen LogP contribution < -0.4 is 5.73 Å². The Morgan fingerprint density at radius 3 is 2.18 bits per heavy atom. The van der Waals surface area contributed by atoms with Gasteiger partial charge in [0.2, 0.25) is 5.91 Å². The number of benzene rings is 2.